The highest BCUT2D eigenvalue weighted by Gasteiger charge is 2.17. The highest BCUT2D eigenvalue weighted by molar-refractivity contribution is 5.06. The normalized spacial score (nSPS) is 13.1. The Kier molecular flexibility index (Phi) is 4.31. The first-order chi connectivity index (χ1) is 9.13. The van der Waals surface area contributed by atoms with Crippen LogP contribution >= 0.6 is 0 Å². The SMILES string of the molecule is CCCn1ncnc1CC(O)c1cncn1C(C)C. The van der Waals surface area contributed by atoms with Gasteiger partial charge in [0.15, 0.2) is 0 Å². The van der Waals surface area contributed by atoms with E-state index in [-0.39, 0.29) is 6.04 Å². The van der Waals surface area contributed by atoms with Crippen LogP contribution in [0, 0.1) is 0 Å². The Balaban J connectivity index is 2.14. The molecular formula is C13H21N5O. The van der Waals surface area contributed by atoms with Crippen LogP contribution in [-0.2, 0) is 13.0 Å². The van der Waals surface area contributed by atoms with Crippen molar-refractivity contribution >= 4 is 0 Å². The number of aliphatic hydroxyl groups excluding tert-OH is 1. The van der Waals surface area contributed by atoms with Gasteiger partial charge in [0.2, 0.25) is 0 Å². The summed E-state index contributed by atoms with van der Waals surface area (Å²) in [5.74, 6) is 0.811. The minimum absolute atomic E-state index is 0.278. The fourth-order valence-electron chi connectivity index (χ4n) is 2.13. The molecule has 19 heavy (non-hydrogen) atoms. The van der Waals surface area contributed by atoms with E-state index in [0.29, 0.717) is 6.42 Å². The molecule has 104 valence electrons. The number of aromatic nitrogens is 5. The smallest absolute Gasteiger partial charge is 0.138 e. The van der Waals surface area contributed by atoms with Gasteiger partial charge in [-0.25, -0.2) is 9.97 Å². The molecule has 0 saturated carbocycles. The first-order valence-corrected chi connectivity index (χ1v) is 6.70. The van der Waals surface area contributed by atoms with Crippen LogP contribution in [0.15, 0.2) is 18.9 Å². The number of hydrogen-bond acceptors (Lipinski definition) is 4. The van der Waals surface area contributed by atoms with E-state index >= 15 is 0 Å². The van der Waals surface area contributed by atoms with E-state index in [1.165, 1.54) is 6.33 Å². The minimum Gasteiger partial charge on any atom is -0.386 e. The molecule has 0 fully saturated rings. The third kappa shape index (κ3) is 3.01. The lowest BCUT2D eigenvalue weighted by Crippen LogP contribution is -2.14. The zero-order chi connectivity index (χ0) is 13.8. The van der Waals surface area contributed by atoms with E-state index in [1.54, 1.807) is 12.5 Å². The van der Waals surface area contributed by atoms with Crippen molar-refractivity contribution in [3.05, 3.63) is 30.4 Å². The molecule has 6 heteroatoms. The second kappa shape index (κ2) is 5.97. The van der Waals surface area contributed by atoms with Gasteiger partial charge in [-0.15, -0.1) is 0 Å². The molecule has 0 bridgehead atoms. The van der Waals surface area contributed by atoms with Crippen molar-refractivity contribution in [2.45, 2.75) is 52.3 Å². The fraction of sp³-hybridized carbons (Fsp3) is 0.615. The lowest BCUT2D eigenvalue weighted by Gasteiger charge is -2.16. The summed E-state index contributed by atoms with van der Waals surface area (Å²) in [6, 6.07) is 0.278. The number of aryl methyl sites for hydroxylation is 1. The first-order valence-electron chi connectivity index (χ1n) is 6.70. The Morgan fingerprint density at radius 3 is 2.84 bits per heavy atom. The van der Waals surface area contributed by atoms with Gasteiger partial charge < -0.3 is 9.67 Å². The van der Waals surface area contributed by atoms with E-state index in [4.69, 9.17) is 0 Å². The van der Waals surface area contributed by atoms with Gasteiger partial charge in [-0.2, -0.15) is 5.10 Å². The molecule has 2 heterocycles. The van der Waals surface area contributed by atoms with Crippen molar-refractivity contribution in [2.24, 2.45) is 0 Å². The maximum Gasteiger partial charge on any atom is 0.138 e. The maximum absolute atomic E-state index is 10.4. The van der Waals surface area contributed by atoms with Crippen molar-refractivity contribution in [1.82, 2.24) is 24.3 Å². The minimum atomic E-state index is -0.607. The monoisotopic (exact) mass is 263 g/mol. The van der Waals surface area contributed by atoms with Crippen LogP contribution < -0.4 is 0 Å². The van der Waals surface area contributed by atoms with Crippen molar-refractivity contribution < 1.29 is 5.11 Å². The zero-order valence-corrected chi connectivity index (χ0v) is 11.7. The lowest BCUT2D eigenvalue weighted by atomic mass is 10.1. The Bertz CT molecular complexity index is 517. The molecule has 1 unspecified atom stereocenters. The van der Waals surface area contributed by atoms with Crippen molar-refractivity contribution in [1.29, 1.82) is 0 Å². The summed E-state index contributed by atoms with van der Waals surface area (Å²) >= 11 is 0. The summed E-state index contributed by atoms with van der Waals surface area (Å²) in [6.45, 7) is 7.05. The van der Waals surface area contributed by atoms with E-state index < -0.39 is 6.10 Å². The highest BCUT2D eigenvalue weighted by Crippen LogP contribution is 2.20. The Hall–Kier alpha value is -1.69. The number of aliphatic hydroxyl groups is 1. The van der Waals surface area contributed by atoms with Crippen LogP contribution in [0.5, 0.6) is 0 Å². The third-order valence-corrected chi connectivity index (χ3v) is 3.10. The van der Waals surface area contributed by atoms with Gasteiger partial charge in [0.1, 0.15) is 18.3 Å². The van der Waals surface area contributed by atoms with Gasteiger partial charge in [-0.1, -0.05) is 6.92 Å². The Morgan fingerprint density at radius 2 is 2.16 bits per heavy atom. The number of nitrogens with zero attached hydrogens (tertiary/aromatic N) is 5. The van der Waals surface area contributed by atoms with Crippen LogP contribution in [0.4, 0.5) is 0 Å². The van der Waals surface area contributed by atoms with E-state index in [1.807, 2.05) is 9.25 Å². The molecule has 0 radical (unpaired) electrons. The molecule has 2 rings (SSSR count). The second-order valence-electron chi connectivity index (χ2n) is 4.94. The molecule has 0 amide bonds. The molecule has 1 atom stereocenters. The zero-order valence-electron chi connectivity index (χ0n) is 11.7. The molecule has 0 aliphatic rings. The summed E-state index contributed by atoms with van der Waals surface area (Å²) in [7, 11) is 0. The summed E-state index contributed by atoms with van der Waals surface area (Å²) in [5.41, 5.74) is 0.820. The summed E-state index contributed by atoms with van der Waals surface area (Å²) in [6.07, 6.45) is 5.85. The molecule has 0 aromatic carbocycles. The Morgan fingerprint density at radius 1 is 1.37 bits per heavy atom. The lowest BCUT2D eigenvalue weighted by molar-refractivity contribution is 0.162. The number of imidazole rings is 1. The van der Waals surface area contributed by atoms with Gasteiger partial charge in [0, 0.05) is 19.0 Å². The van der Waals surface area contributed by atoms with Gasteiger partial charge in [0.05, 0.1) is 18.2 Å². The highest BCUT2D eigenvalue weighted by atomic mass is 16.3. The van der Waals surface area contributed by atoms with Crippen LogP contribution in [0.1, 0.15) is 50.9 Å². The molecule has 0 aliphatic heterocycles. The van der Waals surface area contributed by atoms with Crippen molar-refractivity contribution in [3.8, 4) is 0 Å². The quantitative estimate of drug-likeness (QED) is 0.862. The summed E-state index contributed by atoms with van der Waals surface area (Å²) in [4.78, 5) is 8.33. The van der Waals surface area contributed by atoms with Gasteiger partial charge >= 0.3 is 0 Å². The molecule has 0 spiro atoms. The molecule has 0 aliphatic carbocycles. The predicted octanol–water partition coefficient (Wildman–Crippen LogP) is 1.74. The van der Waals surface area contributed by atoms with E-state index in [2.05, 4.69) is 35.8 Å². The van der Waals surface area contributed by atoms with E-state index in [9.17, 15) is 5.11 Å². The van der Waals surface area contributed by atoms with Gasteiger partial charge in [-0.05, 0) is 20.3 Å². The maximum atomic E-state index is 10.4. The van der Waals surface area contributed by atoms with E-state index in [0.717, 1.165) is 24.5 Å². The third-order valence-electron chi connectivity index (χ3n) is 3.10. The Labute approximate surface area is 113 Å². The van der Waals surface area contributed by atoms with Crippen LogP contribution in [0.3, 0.4) is 0 Å². The topological polar surface area (TPSA) is 68.8 Å². The number of rotatable bonds is 6. The first kappa shape index (κ1) is 13.7. The molecule has 2 aromatic rings. The largest absolute Gasteiger partial charge is 0.386 e. The van der Waals surface area contributed by atoms with Crippen LogP contribution in [0.25, 0.3) is 0 Å². The second-order valence-corrected chi connectivity index (χ2v) is 4.94. The van der Waals surface area contributed by atoms with Crippen molar-refractivity contribution in [2.75, 3.05) is 0 Å². The standard InChI is InChI=1S/C13H21N5O/c1-4-5-18-13(15-8-16-18)6-12(19)11-7-14-9-17(11)10(2)3/h7-10,12,19H,4-6H2,1-3H3. The predicted molar refractivity (Wildman–Crippen MR) is 71.6 cm³/mol. The van der Waals surface area contributed by atoms with Crippen molar-refractivity contribution in [3.63, 3.8) is 0 Å². The van der Waals surface area contributed by atoms with Gasteiger partial charge in [0.25, 0.3) is 0 Å². The average molecular weight is 263 g/mol. The molecule has 2 aromatic heterocycles. The van der Waals surface area contributed by atoms with Crippen LogP contribution in [0.2, 0.25) is 0 Å². The summed E-state index contributed by atoms with van der Waals surface area (Å²) in [5, 5.41) is 14.5. The molecule has 0 saturated heterocycles. The fourth-order valence-corrected chi connectivity index (χ4v) is 2.13. The number of hydrogen-bond donors (Lipinski definition) is 1. The molecule has 6 nitrogen and oxygen atoms in total. The average Bonchev–Trinajstić information content (AvgIpc) is 2.98. The van der Waals surface area contributed by atoms with Crippen LogP contribution in [-0.4, -0.2) is 29.4 Å². The van der Waals surface area contributed by atoms with Gasteiger partial charge in [-0.3, -0.25) is 4.68 Å². The molecular weight excluding hydrogens is 242 g/mol. The molecule has 1 N–H and O–H groups in total. The summed E-state index contributed by atoms with van der Waals surface area (Å²) < 4.78 is 3.82.